The normalized spacial score (nSPS) is 22.7. The molecule has 3 aromatic rings. The molecule has 2 aliphatic rings. The summed E-state index contributed by atoms with van der Waals surface area (Å²) in [5.41, 5.74) is 2.63. The Balaban J connectivity index is 1.44. The monoisotopic (exact) mass is 415 g/mol. The lowest BCUT2D eigenvalue weighted by Gasteiger charge is -2.32. The molecule has 3 atom stereocenters. The molecule has 2 aromatic heterocycles. The summed E-state index contributed by atoms with van der Waals surface area (Å²) >= 11 is 0. The van der Waals surface area contributed by atoms with Gasteiger partial charge in [0.2, 0.25) is 5.88 Å². The quantitative estimate of drug-likeness (QED) is 0.638. The van der Waals surface area contributed by atoms with Crippen LogP contribution in [0.5, 0.6) is 11.6 Å². The smallest absolute Gasteiger partial charge is 0.259 e. The fourth-order valence-electron chi connectivity index (χ4n) is 4.70. The zero-order valence-corrected chi connectivity index (χ0v) is 17.5. The van der Waals surface area contributed by atoms with Crippen LogP contribution in [0.25, 0.3) is 0 Å². The van der Waals surface area contributed by atoms with Crippen LogP contribution in [0, 0.1) is 12.8 Å². The van der Waals surface area contributed by atoms with E-state index in [0.717, 1.165) is 12.1 Å². The molecular weight excluding hydrogens is 390 g/mol. The van der Waals surface area contributed by atoms with E-state index in [9.17, 15) is 4.79 Å². The van der Waals surface area contributed by atoms with Crippen LogP contribution >= 0.6 is 0 Å². The van der Waals surface area contributed by atoms with Crippen molar-refractivity contribution in [1.82, 2.24) is 14.9 Å². The highest BCUT2D eigenvalue weighted by Gasteiger charge is 2.46. The van der Waals surface area contributed by atoms with Crippen molar-refractivity contribution in [2.75, 3.05) is 19.8 Å². The highest BCUT2D eigenvalue weighted by atomic mass is 16.5. The van der Waals surface area contributed by atoms with Gasteiger partial charge in [-0.2, -0.15) is 0 Å². The van der Waals surface area contributed by atoms with Crippen molar-refractivity contribution in [3.05, 3.63) is 83.8 Å². The summed E-state index contributed by atoms with van der Waals surface area (Å²) in [6.07, 6.45) is 4.13. The molecule has 0 unspecified atom stereocenters. The summed E-state index contributed by atoms with van der Waals surface area (Å²) in [4.78, 5) is 24.3. The third-order valence-corrected chi connectivity index (χ3v) is 6.26. The van der Waals surface area contributed by atoms with Crippen LogP contribution in [0.3, 0.4) is 0 Å². The fraction of sp³-hybridized carbons (Fsp3) is 0.320. The average molecular weight is 415 g/mol. The van der Waals surface area contributed by atoms with E-state index in [0.29, 0.717) is 42.9 Å². The number of aromatic nitrogens is 2. The van der Waals surface area contributed by atoms with Gasteiger partial charge in [0, 0.05) is 42.9 Å². The van der Waals surface area contributed by atoms with E-state index in [4.69, 9.17) is 9.47 Å². The van der Waals surface area contributed by atoms with Crippen molar-refractivity contribution in [2.45, 2.75) is 25.3 Å². The van der Waals surface area contributed by atoms with Gasteiger partial charge >= 0.3 is 0 Å². The molecule has 31 heavy (non-hydrogen) atoms. The van der Waals surface area contributed by atoms with Gasteiger partial charge in [0.25, 0.3) is 5.91 Å². The number of nitrogens with zero attached hydrogens (tertiary/aromatic N) is 3. The van der Waals surface area contributed by atoms with Crippen molar-refractivity contribution in [3.63, 3.8) is 0 Å². The van der Waals surface area contributed by atoms with Crippen molar-refractivity contribution < 1.29 is 14.3 Å². The van der Waals surface area contributed by atoms with E-state index in [-0.39, 0.29) is 17.9 Å². The highest BCUT2D eigenvalue weighted by Crippen LogP contribution is 2.42. The minimum absolute atomic E-state index is 0.0431. The Morgan fingerprint density at radius 3 is 2.77 bits per heavy atom. The van der Waals surface area contributed by atoms with E-state index >= 15 is 0 Å². The van der Waals surface area contributed by atoms with Crippen LogP contribution in [0.2, 0.25) is 0 Å². The van der Waals surface area contributed by atoms with E-state index in [1.165, 1.54) is 5.56 Å². The number of carbonyl (C=O) groups excluding carboxylic acids is 1. The molecule has 1 amide bonds. The van der Waals surface area contributed by atoms with Gasteiger partial charge in [-0.3, -0.25) is 9.78 Å². The van der Waals surface area contributed by atoms with Gasteiger partial charge < -0.3 is 14.4 Å². The van der Waals surface area contributed by atoms with E-state index in [1.54, 1.807) is 24.5 Å². The third kappa shape index (κ3) is 3.91. The van der Waals surface area contributed by atoms with Crippen molar-refractivity contribution in [1.29, 1.82) is 0 Å². The molecule has 4 heterocycles. The van der Waals surface area contributed by atoms with Gasteiger partial charge in [0.05, 0.1) is 12.8 Å². The zero-order chi connectivity index (χ0) is 21.2. The minimum Gasteiger partial charge on any atom is -0.437 e. The second-order valence-electron chi connectivity index (χ2n) is 8.16. The second kappa shape index (κ2) is 8.47. The SMILES string of the molecule is Cc1ccc(Oc2ncccc2C(=O)N2C[C@H](c3ccccc3)[C@H]3COCC[C@H]32)cn1. The number of hydrogen-bond donors (Lipinski definition) is 0. The summed E-state index contributed by atoms with van der Waals surface area (Å²) < 4.78 is 11.7. The summed E-state index contributed by atoms with van der Waals surface area (Å²) in [5, 5.41) is 0. The van der Waals surface area contributed by atoms with E-state index in [2.05, 4.69) is 34.2 Å². The van der Waals surface area contributed by atoms with Gasteiger partial charge in [-0.05, 0) is 43.2 Å². The third-order valence-electron chi connectivity index (χ3n) is 6.26. The summed E-state index contributed by atoms with van der Waals surface area (Å²) in [7, 11) is 0. The number of hydrogen-bond acceptors (Lipinski definition) is 5. The molecule has 2 fully saturated rings. The fourth-order valence-corrected chi connectivity index (χ4v) is 4.70. The van der Waals surface area contributed by atoms with Gasteiger partial charge in [0.1, 0.15) is 11.3 Å². The number of pyridine rings is 2. The van der Waals surface area contributed by atoms with Crippen molar-refractivity contribution in [3.8, 4) is 11.6 Å². The van der Waals surface area contributed by atoms with Crippen LogP contribution in [0.4, 0.5) is 0 Å². The first-order chi connectivity index (χ1) is 15.2. The zero-order valence-electron chi connectivity index (χ0n) is 17.5. The predicted octanol–water partition coefficient (Wildman–Crippen LogP) is 4.22. The Bertz CT molecular complexity index is 1060. The van der Waals surface area contributed by atoms with Gasteiger partial charge in [-0.15, -0.1) is 0 Å². The molecular formula is C25H25N3O3. The molecule has 0 radical (unpaired) electrons. The number of carbonyl (C=O) groups is 1. The number of amides is 1. The molecule has 2 saturated heterocycles. The number of benzene rings is 1. The van der Waals surface area contributed by atoms with Crippen LogP contribution in [0.1, 0.15) is 34.0 Å². The Kier molecular flexibility index (Phi) is 5.38. The van der Waals surface area contributed by atoms with Crippen LogP contribution < -0.4 is 4.74 Å². The number of aryl methyl sites for hydroxylation is 1. The lowest BCUT2D eigenvalue weighted by Crippen LogP contribution is -2.42. The van der Waals surface area contributed by atoms with E-state index in [1.807, 2.05) is 30.0 Å². The number of fused-ring (bicyclic) bond motifs is 1. The number of likely N-dealkylation sites (tertiary alicyclic amines) is 1. The molecule has 0 bridgehead atoms. The Morgan fingerprint density at radius 1 is 1.10 bits per heavy atom. The molecule has 0 aliphatic carbocycles. The summed E-state index contributed by atoms with van der Waals surface area (Å²) in [6.45, 7) is 3.94. The maximum atomic E-state index is 13.7. The predicted molar refractivity (Wildman–Crippen MR) is 116 cm³/mol. The Labute approximate surface area is 181 Å². The molecule has 5 rings (SSSR count). The first kappa shape index (κ1) is 19.7. The second-order valence-corrected chi connectivity index (χ2v) is 8.16. The van der Waals surface area contributed by atoms with Crippen LogP contribution in [0.15, 0.2) is 67.0 Å². The first-order valence-electron chi connectivity index (χ1n) is 10.7. The highest BCUT2D eigenvalue weighted by molar-refractivity contribution is 5.97. The summed E-state index contributed by atoms with van der Waals surface area (Å²) in [5.74, 6) is 1.38. The van der Waals surface area contributed by atoms with E-state index < -0.39 is 0 Å². The molecule has 0 N–H and O–H groups in total. The van der Waals surface area contributed by atoms with Gasteiger partial charge in [-0.25, -0.2) is 4.98 Å². The average Bonchev–Trinajstić information content (AvgIpc) is 3.21. The number of ether oxygens (including phenoxy) is 2. The molecule has 158 valence electrons. The molecule has 6 heteroatoms. The number of rotatable bonds is 4. The largest absolute Gasteiger partial charge is 0.437 e. The lowest BCUT2D eigenvalue weighted by molar-refractivity contribution is 0.0188. The van der Waals surface area contributed by atoms with Crippen molar-refractivity contribution >= 4 is 5.91 Å². The molecule has 0 saturated carbocycles. The van der Waals surface area contributed by atoms with Crippen LogP contribution in [-0.4, -0.2) is 46.6 Å². The molecule has 0 spiro atoms. The van der Waals surface area contributed by atoms with Gasteiger partial charge in [0.15, 0.2) is 0 Å². The minimum atomic E-state index is -0.0431. The topological polar surface area (TPSA) is 64.5 Å². The Morgan fingerprint density at radius 2 is 1.97 bits per heavy atom. The maximum absolute atomic E-state index is 13.7. The molecule has 2 aliphatic heterocycles. The Hall–Kier alpha value is -3.25. The maximum Gasteiger partial charge on any atom is 0.259 e. The molecule has 1 aromatic carbocycles. The van der Waals surface area contributed by atoms with Crippen molar-refractivity contribution in [2.24, 2.45) is 5.92 Å². The van der Waals surface area contributed by atoms with Gasteiger partial charge in [-0.1, -0.05) is 30.3 Å². The lowest BCUT2D eigenvalue weighted by atomic mass is 9.84. The summed E-state index contributed by atoms with van der Waals surface area (Å²) in [6, 6.07) is 17.9. The standard InChI is InChI=1S/C25H25N3O3/c1-17-9-10-19(14-27-17)31-24-20(8-5-12-26-24)25(29)28-15-21(18-6-3-2-4-7-18)22-16-30-13-11-23(22)28/h2-10,12,14,21-23H,11,13,15-16H2,1H3/t21-,22-,23-/m1/s1. The molecule has 6 nitrogen and oxygen atoms in total. The first-order valence-corrected chi connectivity index (χ1v) is 10.7. The van der Waals surface area contributed by atoms with Crippen LogP contribution in [-0.2, 0) is 4.74 Å².